The topological polar surface area (TPSA) is 59.4 Å². The average molecular weight is 322 g/mol. The Hall–Kier alpha value is -1.56. The highest BCUT2D eigenvalue weighted by Gasteiger charge is 2.30. The molecule has 0 spiro atoms. The maximum atomic E-state index is 12.4. The van der Waals surface area contributed by atoms with Crippen molar-refractivity contribution in [3.05, 3.63) is 18.0 Å². The second kappa shape index (κ2) is 7.34. The van der Waals surface area contributed by atoms with Crippen molar-refractivity contribution in [2.24, 2.45) is 7.05 Å². The Morgan fingerprint density at radius 2 is 2.22 bits per heavy atom. The van der Waals surface area contributed by atoms with Crippen molar-refractivity contribution in [1.82, 2.24) is 20.0 Å². The molecule has 1 fully saturated rings. The van der Waals surface area contributed by atoms with Crippen molar-refractivity contribution in [2.75, 3.05) is 13.1 Å². The molecule has 1 saturated heterocycles. The molecule has 2 rings (SSSR count). The zero-order valence-corrected chi connectivity index (χ0v) is 15.0. The quantitative estimate of drug-likeness (QED) is 0.926. The Kier molecular flexibility index (Phi) is 5.68. The first-order valence-corrected chi connectivity index (χ1v) is 8.48. The van der Waals surface area contributed by atoms with Crippen LogP contribution in [-0.2, 0) is 11.8 Å². The number of hydrogen-bond donors (Lipinski definition) is 1. The molecule has 2 heterocycles. The molecule has 1 aromatic rings. The number of piperidine rings is 1. The smallest absolute Gasteiger partial charge is 0.410 e. The highest BCUT2D eigenvalue weighted by Crippen LogP contribution is 2.21. The van der Waals surface area contributed by atoms with E-state index in [1.807, 2.05) is 45.1 Å². The van der Waals surface area contributed by atoms with Crippen LogP contribution < -0.4 is 5.32 Å². The third-order valence-electron chi connectivity index (χ3n) is 4.14. The van der Waals surface area contributed by atoms with E-state index in [2.05, 4.69) is 17.3 Å². The fraction of sp³-hybridized carbons (Fsp3) is 0.765. The lowest BCUT2D eigenvalue weighted by atomic mass is 10.0. The second-order valence-electron chi connectivity index (χ2n) is 7.40. The molecule has 6 heteroatoms. The van der Waals surface area contributed by atoms with E-state index in [9.17, 15) is 4.79 Å². The maximum absolute atomic E-state index is 12.4. The molecule has 1 N–H and O–H groups in total. The molecule has 6 nitrogen and oxygen atoms in total. The number of hydrogen-bond acceptors (Lipinski definition) is 4. The summed E-state index contributed by atoms with van der Waals surface area (Å²) in [4.78, 5) is 14.3. The lowest BCUT2D eigenvalue weighted by Gasteiger charge is -2.37. The van der Waals surface area contributed by atoms with E-state index in [0.29, 0.717) is 0 Å². The van der Waals surface area contributed by atoms with Gasteiger partial charge in [-0.3, -0.25) is 4.68 Å². The molecule has 1 aromatic heterocycles. The zero-order chi connectivity index (χ0) is 17.0. The minimum Gasteiger partial charge on any atom is -0.444 e. The number of ether oxygens (including phenoxy) is 1. The SMILES string of the molecule is C[C@H](NC[C@@H]1CCCCN1C(=O)OC(C)(C)C)c1cnn(C)c1. The van der Waals surface area contributed by atoms with Gasteiger partial charge >= 0.3 is 6.09 Å². The van der Waals surface area contributed by atoms with Crippen molar-refractivity contribution in [1.29, 1.82) is 0 Å². The summed E-state index contributed by atoms with van der Waals surface area (Å²) in [6.45, 7) is 9.40. The van der Waals surface area contributed by atoms with Crippen molar-refractivity contribution in [3.63, 3.8) is 0 Å². The normalized spacial score (nSPS) is 20.4. The Labute approximate surface area is 139 Å². The Balaban J connectivity index is 1.92. The number of aryl methyl sites for hydroxylation is 1. The molecular weight excluding hydrogens is 292 g/mol. The van der Waals surface area contributed by atoms with Gasteiger partial charge in [-0.25, -0.2) is 4.79 Å². The minimum absolute atomic E-state index is 0.192. The number of nitrogens with one attached hydrogen (secondary N) is 1. The van der Waals surface area contributed by atoms with Gasteiger partial charge in [0.25, 0.3) is 0 Å². The summed E-state index contributed by atoms with van der Waals surface area (Å²) < 4.78 is 7.35. The van der Waals surface area contributed by atoms with E-state index in [1.165, 1.54) is 0 Å². The van der Waals surface area contributed by atoms with Crippen LogP contribution in [-0.4, -0.2) is 45.5 Å². The molecule has 1 aliphatic heterocycles. The standard InChI is InChI=1S/C17H30N4O2/c1-13(14-10-19-20(5)12-14)18-11-15-8-6-7-9-21(15)16(22)23-17(2,3)4/h10,12-13,15,18H,6-9,11H2,1-5H3/t13-,15-/m0/s1. The van der Waals surface area contributed by atoms with Crippen LogP contribution >= 0.6 is 0 Å². The summed E-state index contributed by atoms with van der Waals surface area (Å²) in [6, 6.07) is 0.406. The van der Waals surface area contributed by atoms with Crippen LogP contribution in [0.2, 0.25) is 0 Å². The highest BCUT2D eigenvalue weighted by atomic mass is 16.6. The predicted octanol–water partition coefficient (Wildman–Crippen LogP) is 2.86. The summed E-state index contributed by atoms with van der Waals surface area (Å²) in [5.41, 5.74) is 0.710. The first kappa shape index (κ1) is 17.8. The summed E-state index contributed by atoms with van der Waals surface area (Å²) in [6.07, 6.45) is 6.93. The number of amides is 1. The van der Waals surface area contributed by atoms with Crippen molar-refractivity contribution >= 4 is 6.09 Å². The fourth-order valence-corrected chi connectivity index (χ4v) is 2.87. The molecule has 0 aliphatic carbocycles. The van der Waals surface area contributed by atoms with Crippen molar-refractivity contribution < 1.29 is 9.53 Å². The number of rotatable bonds is 4. The van der Waals surface area contributed by atoms with Crippen LogP contribution in [0.4, 0.5) is 4.79 Å². The van der Waals surface area contributed by atoms with Gasteiger partial charge in [0.05, 0.1) is 6.20 Å². The van der Waals surface area contributed by atoms with Crippen molar-refractivity contribution in [3.8, 4) is 0 Å². The third-order valence-corrected chi connectivity index (χ3v) is 4.14. The fourth-order valence-electron chi connectivity index (χ4n) is 2.87. The lowest BCUT2D eigenvalue weighted by Crippen LogP contribution is -2.50. The van der Waals surface area contributed by atoms with E-state index in [-0.39, 0.29) is 18.2 Å². The van der Waals surface area contributed by atoms with Crippen LogP contribution in [0.5, 0.6) is 0 Å². The zero-order valence-electron chi connectivity index (χ0n) is 15.0. The largest absolute Gasteiger partial charge is 0.444 e. The minimum atomic E-state index is -0.449. The molecule has 2 atom stereocenters. The molecule has 0 bridgehead atoms. The Morgan fingerprint density at radius 3 is 2.83 bits per heavy atom. The molecule has 23 heavy (non-hydrogen) atoms. The molecule has 1 aliphatic rings. The van der Waals surface area contributed by atoms with E-state index >= 15 is 0 Å². The monoisotopic (exact) mass is 322 g/mol. The summed E-state index contributed by atoms with van der Waals surface area (Å²) >= 11 is 0. The van der Waals surface area contributed by atoms with Crippen LogP contribution in [0.3, 0.4) is 0 Å². The Morgan fingerprint density at radius 1 is 1.48 bits per heavy atom. The average Bonchev–Trinajstić information content (AvgIpc) is 2.90. The third kappa shape index (κ3) is 5.23. The lowest BCUT2D eigenvalue weighted by molar-refractivity contribution is 0.00970. The molecule has 130 valence electrons. The molecular formula is C17H30N4O2. The van der Waals surface area contributed by atoms with Gasteiger partial charge in [0.1, 0.15) is 5.60 Å². The predicted molar refractivity (Wildman–Crippen MR) is 90.2 cm³/mol. The second-order valence-corrected chi connectivity index (χ2v) is 7.40. The van der Waals surface area contributed by atoms with Gasteiger partial charge in [0.2, 0.25) is 0 Å². The van der Waals surface area contributed by atoms with E-state index in [0.717, 1.165) is 37.9 Å². The summed E-state index contributed by atoms with van der Waals surface area (Å²) in [5.74, 6) is 0. The highest BCUT2D eigenvalue weighted by molar-refractivity contribution is 5.68. The molecule has 0 saturated carbocycles. The van der Waals surface area contributed by atoms with Gasteiger partial charge in [0.15, 0.2) is 0 Å². The number of nitrogens with zero attached hydrogens (tertiary/aromatic N) is 3. The molecule has 0 radical (unpaired) electrons. The summed E-state index contributed by atoms with van der Waals surface area (Å²) in [5, 5.41) is 7.73. The van der Waals surface area contributed by atoms with Gasteiger partial charge in [-0.15, -0.1) is 0 Å². The van der Waals surface area contributed by atoms with E-state index in [1.54, 1.807) is 4.68 Å². The van der Waals surface area contributed by atoms with Crippen LogP contribution in [0.1, 0.15) is 58.6 Å². The van der Waals surface area contributed by atoms with Crippen LogP contribution in [0, 0.1) is 0 Å². The van der Waals surface area contributed by atoms with Gasteiger partial charge in [-0.2, -0.15) is 5.10 Å². The van der Waals surface area contributed by atoms with E-state index < -0.39 is 5.60 Å². The van der Waals surface area contributed by atoms with E-state index in [4.69, 9.17) is 4.74 Å². The number of likely N-dealkylation sites (tertiary alicyclic amines) is 1. The first-order valence-electron chi connectivity index (χ1n) is 8.48. The Bertz CT molecular complexity index is 521. The van der Waals surface area contributed by atoms with Gasteiger partial charge in [-0.05, 0) is 47.0 Å². The molecule has 1 amide bonds. The maximum Gasteiger partial charge on any atom is 0.410 e. The molecule has 0 aromatic carbocycles. The number of aromatic nitrogens is 2. The number of carbonyl (C=O) groups excluding carboxylic acids is 1. The van der Waals surface area contributed by atoms with Gasteiger partial charge in [-0.1, -0.05) is 0 Å². The summed E-state index contributed by atoms with van der Waals surface area (Å²) in [7, 11) is 1.92. The van der Waals surface area contributed by atoms with Gasteiger partial charge in [0, 0.05) is 44.0 Å². The van der Waals surface area contributed by atoms with Crippen LogP contribution in [0.15, 0.2) is 12.4 Å². The first-order chi connectivity index (χ1) is 10.8. The molecule has 0 unspecified atom stereocenters. The van der Waals surface area contributed by atoms with Crippen LogP contribution in [0.25, 0.3) is 0 Å². The van der Waals surface area contributed by atoms with Crippen molar-refractivity contribution in [2.45, 2.75) is 64.6 Å². The number of carbonyl (C=O) groups is 1. The van der Waals surface area contributed by atoms with Gasteiger partial charge < -0.3 is 15.0 Å².